The molecule has 0 saturated carbocycles. The monoisotopic (exact) mass is 258 g/mol. The Morgan fingerprint density at radius 3 is 2.71 bits per heavy atom. The Bertz CT molecular complexity index is 217. The zero-order chi connectivity index (χ0) is 12.5. The molecule has 1 heterocycles. The van der Waals surface area contributed by atoms with Crippen LogP contribution in [0.2, 0.25) is 0 Å². The molecule has 0 aromatic rings. The summed E-state index contributed by atoms with van der Waals surface area (Å²) < 4.78 is 0. The molecule has 4 heteroatoms. The fourth-order valence-electron chi connectivity index (χ4n) is 2.27. The fourth-order valence-corrected chi connectivity index (χ4v) is 3.37. The minimum Gasteiger partial charge on any atom is -0.353 e. The van der Waals surface area contributed by atoms with Crippen molar-refractivity contribution >= 4 is 17.7 Å². The Hall–Kier alpha value is -0.220. The van der Waals surface area contributed by atoms with Gasteiger partial charge in [-0.25, -0.2) is 0 Å². The molecule has 3 N–H and O–H groups in total. The topological polar surface area (TPSA) is 55.1 Å². The zero-order valence-corrected chi connectivity index (χ0v) is 11.7. The third-order valence-electron chi connectivity index (χ3n) is 3.52. The molecule has 0 bridgehead atoms. The van der Waals surface area contributed by atoms with Gasteiger partial charge in [-0.2, -0.15) is 11.8 Å². The van der Waals surface area contributed by atoms with E-state index < -0.39 is 0 Å². The first-order valence-corrected chi connectivity index (χ1v) is 7.99. The third-order valence-corrected chi connectivity index (χ3v) is 4.57. The smallest absolute Gasteiger partial charge is 0.220 e. The lowest BCUT2D eigenvalue weighted by atomic mass is 9.96. The van der Waals surface area contributed by atoms with E-state index in [-0.39, 0.29) is 5.91 Å². The van der Waals surface area contributed by atoms with Crippen molar-refractivity contribution in [3.8, 4) is 0 Å². The molecule has 100 valence electrons. The predicted molar refractivity (Wildman–Crippen MR) is 75.2 cm³/mol. The Morgan fingerprint density at radius 1 is 1.41 bits per heavy atom. The summed E-state index contributed by atoms with van der Waals surface area (Å²) in [4.78, 5) is 11.8. The second-order valence-corrected chi connectivity index (χ2v) is 6.07. The molecule has 1 saturated heterocycles. The molecule has 0 aliphatic carbocycles. The molecule has 1 aliphatic rings. The van der Waals surface area contributed by atoms with Crippen molar-refractivity contribution in [2.45, 2.75) is 51.5 Å². The maximum absolute atomic E-state index is 11.8. The van der Waals surface area contributed by atoms with Gasteiger partial charge in [0.15, 0.2) is 0 Å². The first kappa shape index (κ1) is 14.8. The average molecular weight is 258 g/mol. The number of hydrogen-bond donors (Lipinski definition) is 2. The Morgan fingerprint density at radius 2 is 2.12 bits per heavy atom. The summed E-state index contributed by atoms with van der Waals surface area (Å²) in [5.41, 5.74) is 5.56. The molecule has 0 aromatic heterocycles. The van der Waals surface area contributed by atoms with Gasteiger partial charge in [0.1, 0.15) is 0 Å². The van der Waals surface area contributed by atoms with E-state index in [9.17, 15) is 4.79 Å². The quantitative estimate of drug-likeness (QED) is 0.736. The van der Waals surface area contributed by atoms with Crippen LogP contribution < -0.4 is 11.1 Å². The van der Waals surface area contributed by atoms with Gasteiger partial charge in [-0.1, -0.05) is 13.3 Å². The third kappa shape index (κ3) is 6.32. The minimum atomic E-state index is 0.234. The van der Waals surface area contributed by atoms with Gasteiger partial charge in [0, 0.05) is 12.5 Å². The molecule has 0 radical (unpaired) electrons. The van der Waals surface area contributed by atoms with Crippen molar-refractivity contribution in [3.05, 3.63) is 0 Å². The van der Waals surface area contributed by atoms with Gasteiger partial charge in [-0.15, -0.1) is 0 Å². The van der Waals surface area contributed by atoms with Crippen molar-refractivity contribution in [2.24, 2.45) is 11.7 Å². The lowest BCUT2D eigenvalue weighted by Crippen LogP contribution is -2.37. The van der Waals surface area contributed by atoms with Crippen LogP contribution in [-0.4, -0.2) is 30.0 Å². The summed E-state index contributed by atoms with van der Waals surface area (Å²) in [6.07, 6.45) is 6.10. The number of carbonyl (C=O) groups is 1. The second kappa shape index (κ2) is 8.81. The molecule has 1 unspecified atom stereocenters. The van der Waals surface area contributed by atoms with Gasteiger partial charge in [-0.05, 0) is 49.7 Å². The maximum atomic E-state index is 11.8. The number of hydrogen-bond acceptors (Lipinski definition) is 3. The lowest BCUT2D eigenvalue weighted by Gasteiger charge is -2.23. The van der Waals surface area contributed by atoms with Crippen molar-refractivity contribution < 1.29 is 4.79 Å². The maximum Gasteiger partial charge on any atom is 0.220 e. The van der Waals surface area contributed by atoms with Crippen LogP contribution in [0.15, 0.2) is 0 Å². The molecular weight excluding hydrogens is 232 g/mol. The van der Waals surface area contributed by atoms with Crippen LogP contribution in [0.3, 0.4) is 0 Å². The van der Waals surface area contributed by atoms with E-state index in [2.05, 4.69) is 12.2 Å². The minimum absolute atomic E-state index is 0.234. The molecule has 17 heavy (non-hydrogen) atoms. The normalized spacial score (nSPS) is 18.9. The highest BCUT2D eigenvalue weighted by Crippen LogP contribution is 2.18. The summed E-state index contributed by atoms with van der Waals surface area (Å²) in [5, 5.41) is 3.16. The van der Waals surface area contributed by atoms with E-state index in [1.54, 1.807) is 0 Å². The highest BCUT2D eigenvalue weighted by molar-refractivity contribution is 7.99. The van der Waals surface area contributed by atoms with E-state index in [0.29, 0.717) is 18.4 Å². The standard InChI is InChI=1S/C13H26N2OS/c1-2-11(5-8-14)3-4-13(16)15-12-6-9-17-10-7-12/h11-12H,2-10,14H2,1H3,(H,15,16). The van der Waals surface area contributed by atoms with Crippen molar-refractivity contribution in [1.82, 2.24) is 5.32 Å². The lowest BCUT2D eigenvalue weighted by molar-refractivity contribution is -0.122. The number of amides is 1. The van der Waals surface area contributed by atoms with E-state index in [1.165, 1.54) is 11.5 Å². The molecule has 0 aromatic carbocycles. The molecular formula is C13H26N2OS. The van der Waals surface area contributed by atoms with Gasteiger partial charge in [0.25, 0.3) is 0 Å². The van der Waals surface area contributed by atoms with E-state index >= 15 is 0 Å². The van der Waals surface area contributed by atoms with Gasteiger partial charge in [0.05, 0.1) is 0 Å². The van der Waals surface area contributed by atoms with E-state index in [0.717, 1.165) is 38.6 Å². The number of rotatable bonds is 7. The number of carbonyl (C=O) groups excluding carboxylic acids is 1. The van der Waals surface area contributed by atoms with Crippen molar-refractivity contribution in [2.75, 3.05) is 18.1 Å². The number of thioether (sulfide) groups is 1. The molecule has 1 aliphatic heterocycles. The van der Waals surface area contributed by atoms with E-state index in [1.807, 2.05) is 11.8 Å². The Kier molecular flexibility index (Phi) is 7.69. The fraction of sp³-hybridized carbons (Fsp3) is 0.923. The summed E-state index contributed by atoms with van der Waals surface area (Å²) in [6.45, 7) is 2.91. The Labute approximate surface area is 109 Å². The zero-order valence-electron chi connectivity index (χ0n) is 10.9. The largest absolute Gasteiger partial charge is 0.353 e. The van der Waals surface area contributed by atoms with Crippen LogP contribution in [0.1, 0.15) is 45.4 Å². The Balaban J connectivity index is 2.14. The van der Waals surface area contributed by atoms with Gasteiger partial charge < -0.3 is 11.1 Å². The van der Waals surface area contributed by atoms with Gasteiger partial charge in [0.2, 0.25) is 5.91 Å². The van der Waals surface area contributed by atoms with Crippen LogP contribution in [0.5, 0.6) is 0 Å². The summed E-state index contributed by atoms with van der Waals surface area (Å²) in [5.74, 6) is 3.23. The van der Waals surface area contributed by atoms with Gasteiger partial charge >= 0.3 is 0 Å². The predicted octanol–water partition coefficient (Wildman–Crippen LogP) is 2.15. The summed E-state index contributed by atoms with van der Waals surface area (Å²) in [6, 6.07) is 0.429. The molecule has 1 atom stereocenters. The highest BCUT2D eigenvalue weighted by atomic mass is 32.2. The second-order valence-electron chi connectivity index (χ2n) is 4.84. The number of nitrogens with one attached hydrogen (secondary N) is 1. The van der Waals surface area contributed by atoms with Crippen LogP contribution in [-0.2, 0) is 4.79 Å². The molecule has 1 amide bonds. The molecule has 0 spiro atoms. The van der Waals surface area contributed by atoms with Gasteiger partial charge in [-0.3, -0.25) is 4.79 Å². The summed E-state index contributed by atoms with van der Waals surface area (Å²) in [7, 11) is 0. The van der Waals surface area contributed by atoms with Crippen molar-refractivity contribution in [1.29, 1.82) is 0 Å². The van der Waals surface area contributed by atoms with Crippen LogP contribution in [0.25, 0.3) is 0 Å². The van der Waals surface area contributed by atoms with Crippen LogP contribution in [0, 0.1) is 5.92 Å². The first-order valence-electron chi connectivity index (χ1n) is 6.83. The van der Waals surface area contributed by atoms with E-state index in [4.69, 9.17) is 5.73 Å². The van der Waals surface area contributed by atoms with Crippen molar-refractivity contribution in [3.63, 3.8) is 0 Å². The van der Waals surface area contributed by atoms with Crippen LogP contribution in [0.4, 0.5) is 0 Å². The SMILES string of the molecule is CCC(CCN)CCC(=O)NC1CCSCC1. The molecule has 1 rings (SSSR count). The molecule has 1 fully saturated rings. The number of nitrogens with two attached hydrogens (primary N) is 1. The average Bonchev–Trinajstić information content (AvgIpc) is 2.35. The first-order chi connectivity index (χ1) is 8.26. The van der Waals surface area contributed by atoms with Crippen LogP contribution >= 0.6 is 11.8 Å². The molecule has 3 nitrogen and oxygen atoms in total. The highest BCUT2D eigenvalue weighted by Gasteiger charge is 2.16. The summed E-state index contributed by atoms with van der Waals surface area (Å²) >= 11 is 1.99.